The Morgan fingerprint density at radius 1 is 1.10 bits per heavy atom. The van der Waals surface area contributed by atoms with Crippen molar-refractivity contribution in [3.63, 3.8) is 0 Å². The van der Waals surface area contributed by atoms with Crippen molar-refractivity contribution >= 4 is 15.9 Å². The van der Waals surface area contributed by atoms with E-state index in [-0.39, 0.29) is 17.7 Å². The Balaban J connectivity index is 2.28. The monoisotopic (exact) mass is 339 g/mol. The first-order valence-corrected chi connectivity index (χ1v) is 7.18. The van der Waals surface area contributed by atoms with Crippen molar-refractivity contribution in [1.82, 2.24) is 5.32 Å². The van der Waals surface area contributed by atoms with Crippen molar-refractivity contribution in [1.29, 1.82) is 0 Å². The maximum atomic E-state index is 13.2. The van der Waals surface area contributed by atoms with Crippen LogP contribution in [0.3, 0.4) is 0 Å². The zero-order chi connectivity index (χ0) is 14.7. The van der Waals surface area contributed by atoms with Crippen LogP contribution in [-0.4, -0.2) is 7.05 Å². The van der Waals surface area contributed by atoms with E-state index >= 15 is 0 Å². The zero-order valence-electron chi connectivity index (χ0n) is 11.4. The van der Waals surface area contributed by atoms with Crippen LogP contribution in [0.4, 0.5) is 8.78 Å². The van der Waals surface area contributed by atoms with E-state index in [1.165, 1.54) is 24.3 Å². The number of hydrogen-bond acceptors (Lipinski definition) is 1. The van der Waals surface area contributed by atoms with Gasteiger partial charge in [0.1, 0.15) is 11.6 Å². The molecule has 0 saturated heterocycles. The van der Waals surface area contributed by atoms with E-state index in [0.29, 0.717) is 6.42 Å². The summed E-state index contributed by atoms with van der Waals surface area (Å²) in [5, 5.41) is 3.23. The van der Waals surface area contributed by atoms with Gasteiger partial charge in [-0.1, -0.05) is 28.1 Å². The van der Waals surface area contributed by atoms with Crippen LogP contribution in [0.1, 0.15) is 22.7 Å². The molecule has 106 valence electrons. The minimum Gasteiger partial charge on any atom is -0.313 e. The number of nitrogens with one attached hydrogen (secondary N) is 1. The smallest absolute Gasteiger partial charge is 0.124 e. The van der Waals surface area contributed by atoms with E-state index in [1.807, 2.05) is 14.0 Å². The third-order valence-electron chi connectivity index (χ3n) is 3.39. The summed E-state index contributed by atoms with van der Waals surface area (Å²) in [5.41, 5.74) is 2.96. The van der Waals surface area contributed by atoms with Gasteiger partial charge in [0, 0.05) is 10.5 Å². The average Bonchev–Trinajstić information content (AvgIpc) is 2.39. The first-order valence-electron chi connectivity index (χ1n) is 6.38. The summed E-state index contributed by atoms with van der Waals surface area (Å²) in [6.07, 6.45) is 0.698. The van der Waals surface area contributed by atoms with E-state index < -0.39 is 0 Å². The Kier molecular flexibility index (Phi) is 4.89. The number of likely N-dealkylation sites (N-methyl/N-ethyl adjacent to an activating group) is 1. The third-order valence-corrected chi connectivity index (χ3v) is 4.13. The van der Waals surface area contributed by atoms with Crippen LogP contribution in [0, 0.1) is 18.6 Å². The Morgan fingerprint density at radius 2 is 1.75 bits per heavy atom. The molecule has 1 unspecified atom stereocenters. The molecule has 2 aromatic rings. The number of aryl methyl sites for hydroxylation is 1. The molecule has 1 atom stereocenters. The summed E-state index contributed by atoms with van der Waals surface area (Å²) in [6.45, 7) is 1.89. The van der Waals surface area contributed by atoms with Crippen LogP contribution in [-0.2, 0) is 6.42 Å². The minimum atomic E-state index is -0.264. The lowest BCUT2D eigenvalue weighted by atomic mass is 9.95. The molecule has 1 N–H and O–H groups in total. The molecule has 0 aliphatic heterocycles. The lowest BCUT2D eigenvalue weighted by molar-refractivity contribution is 0.578. The van der Waals surface area contributed by atoms with Crippen LogP contribution in [0.2, 0.25) is 0 Å². The second kappa shape index (κ2) is 6.46. The predicted molar refractivity (Wildman–Crippen MR) is 80.7 cm³/mol. The highest BCUT2D eigenvalue weighted by Crippen LogP contribution is 2.26. The molecule has 20 heavy (non-hydrogen) atoms. The molecule has 0 bridgehead atoms. The van der Waals surface area contributed by atoms with Gasteiger partial charge in [-0.15, -0.1) is 0 Å². The molecular formula is C16H16BrF2N. The lowest BCUT2D eigenvalue weighted by Gasteiger charge is -2.20. The van der Waals surface area contributed by atoms with Crippen molar-refractivity contribution in [2.45, 2.75) is 19.4 Å². The van der Waals surface area contributed by atoms with Crippen LogP contribution in [0.5, 0.6) is 0 Å². The number of rotatable bonds is 4. The minimum absolute atomic E-state index is 0.0531. The molecule has 0 spiro atoms. The highest BCUT2D eigenvalue weighted by Gasteiger charge is 2.14. The number of benzene rings is 2. The topological polar surface area (TPSA) is 12.0 Å². The highest BCUT2D eigenvalue weighted by molar-refractivity contribution is 9.10. The van der Waals surface area contributed by atoms with Crippen molar-refractivity contribution < 1.29 is 8.78 Å². The SMILES string of the molecule is CNC(Cc1ccc(F)cc1Br)c1ccc(F)cc1C. The molecule has 0 aliphatic rings. The maximum absolute atomic E-state index is 13.2. The van der Waals surface area contributed by atoms with Gasteiger partial charge in [-0.2, -0.15) is 0 Å². The van der Waals surface area contributed by atoms with E-state index in [9.17, 15) is 8.78 Å². The Hall–Kier alpha value is -1.26. The van der Waals surface area contributed by atoms with Gasteiger partial charge in [-0.3, -0.25) is 0 Å². The second-order valence-electron chi connectivity index (χ2n) is 4.78. The van der Waals surface area contributed by atoms with E-state index in [1.54, 1.807) is 12.1 Å². The molecule has 2 aromatic carbocycles. The largest absolute Gasteiger partial charge is 0.313 e. The molecular weight excluding hydrogens is 324 g/mol. The molecule has 0 amide bonds. The molecule has 2 rings (SSSR count). The van der Waals surface area contributed by atoms with Crippen LogP contribution < -0.4 is 5.32 Å². The molecule has 1 nitrogen and oxygen atoms in total. The van der Waals surface area contributed by atoms with Crippen molar-refractivity contribution in [2.75, 3.05) is 7.05 Å². The van der Waals surface area contributed by atoms with Crippen molar-refractivity contribution in [3.8, 4) is 0 Å². The Bertz CT molecular complexity index is 613. The average molecular weight is 340 g/mol. The highest BCUT2D eigenvalue weighted by atomic mass is 79.9. The van der Waals surface area contributed by atoms with Gasteiger partial charge in [-0.25, -0.2) is 8.78 Å². The standard InChI is InChI=1S/C16H16BrF2N/c1-10-7-12(18)5-6-14(10)16(20-2)8-11-3-4-13(19)9-15(11)17/h3-7,9,16,20H,8H2,1-2H3. The van der Waals surface area contributed by atoms with Gasteiger partial charge < -0.3 is 5.32 Å². The van der Waals surface area contributed by atoms with Gasteiger partial charge in [-0.05, 0) is 61.3 Å². The summed E-state index contributed by atoms with van der Waals surface area (Å²) < 4.78 is 27.0. The van der Waals surface area contributed by atoms with E-state index in [0.717, 1.165) is 21.2 Å². The summed E-state index contributed by atoms with van der Waals surface area (Å²) in [5.74, 6) is -0.497. The van der Waals surface area contributed by atoms with Crippen LogP contribution in [0.25, 0.3) is 0 Å². The molecule has 4 heteroatoms. The quantitative estimate of drug-likeness (QED) is 0.862. The number of halogens is 3. The number of hydrogen-bond donors (Lipinski definition) is 1. The van der Waals surface area contributed by atoms with E-state index in [2.05, 4.69) is 21.2 Å². The first-order chi connectivity index (χ1) is 9.51. The molecule has 0 aromatic heterocycles. The zero-order valence-corrected chi connectivity index (χ0v) is 13.0. The van der Waals surface area contributed by atoms with Crippen LogP contribution >= 0.6 is 15.9 Å². The summed E-state index contributed by atoms with van der Waals surface area (Å²) in [4.78, 5) is 0. The normalized spacial score (nSPS) is 12.4. The second-order valence-corrected chi connectivity index (χ2v) is 5.64. The molecule has 0 saturated carbocycles. The Labute approximate surface area is 126 Å². The molecule has 0 aliphatic carbocycles. The fourth-order valence-corrected chi connectivity index (χ4v) is 2.82. The summed E-state index contributed by atoms with van der Waals surface area (Å²) in [6, 6.07) is 9.51. The van der Waals surface area contributed by atoms with Gasteiger partial charge in [0.25, 0.3) is 0 Å². The molecule has 0 heterocycles. The Morgan fingerprint density at radius 3 is 2.35 bits per heavy atom. The predicted octanol–water partition coefficient (Wildman–Crippen LogP) is 4.54. The molecule has 0 radical (unpaired) electrons. The van der Waals surface area contributed by atoms with Crippen molar-refractivity contribution in [3.05, 3.63) is 69.2 Å². The molecule has 0 fully saturated rings. The van der Waals surface area contributed by atoms with E-state index in [4.69, 9.17) is 0 Å². The van der Waals surface area contributed by atoms with Gasteiger partial charge in [0.2, 0.25) is 0 Å². The van der Waals surface area contributed by atoms with Gasteiger partial charge >= 0.3 is 0 Å². The third kappa shape index (κ3) is 3.44. The fourth-order valence-electron chi connectivity index (χ4n) is 2.30. The fraction of sp³-hybridized carbons (Fsp3) is 0.250. The summed E-state index contributed by atoms with van der Waals surface area (Å²) in [7, 11) is 1.87. The van der Waals surface area contributed by atoms with Crippen LogP contribution in [0.15, 0.2) is 40.9 Å². The summed E-state index contributed by atoms with van der Waals surface area (Å²) >= 11 is 3.38. The lowest BCUT2D eigenvalue weighted by Crippen LogP contribution is -2.20. The first kappa shape index (κ1) is 15.1. The van der Waals surface area contributed by atoms with Gasteiger partial charge in [0.15, 0.2) is 0 Å². The van der Waals surface area contributed by atoms with Gasteiger partial charge in [0.05, 0.1) is 0 Å². The van der Waals surface area contributed by atoms with Crippen molar-refractivity contribution in [2.24, 2.45) is 0 Å². The maximum Gasteiger partial charge on any atom is 0.124 e.